The molecule has 0 bridgehead atoms. The van der Waals surface area contributed by atoms with Crippen molar-refractivity contribution in [1.29, 1.82) is 0 Å². The van der Waals surface area contributed by atoms with Crippen molar-refractivity contribution < 1.29 is 9.59 Å². The molecule has 36 heavy (non-hydrogen) atoms. The van der Waals surface area contributed by atoms with Gasteiger partial charge >= 0.3 is 0 Å². The minimum atomic E-state index is -0.684. The SMILES string of the molecule is CCC(C(=O)Nc1ccc(N(C)C)cc1)N(Cc1ccc(Cl)cc1)C(=O)Cn1nnc2ccccc21. The van der Waals surface area contributed by atoms with Gasteiger partial charge in [0.05, 0.1) is 5.52 Å². The Balaban J connectivity index is 1.59. The van der Waals surface area contributed by atoms with E-state index in [-0.39, 0.29) is 24.9 Å². The van der Waals surface area contributed by atoms with E-state index < -0.39 is 6.04 Å². The summed E-state index contributed by atoms with van der Waals surface area (Å²) in [4.78, 5) is 30.6. The van der Waals surface area contributed by atoms with Crippen LogP contribution >= 0.6 is 11.6 Å². The van der Waals surface area contributed by atoms with E-state index in [9.17, 15) is 9.59 Å². The average Bonchev–Trinajstić information content (AvgIpc) is 3.28. The zero-order valence-electron chi connectivity index (χ0n) is 20.6. The second kappa shape index (κ2) is 11.2. The molecule has 0 fully saturated rings. The first-order valence-corrected chi connectivity index (χ1v) is 12.1. The van der Waals surface area contributed by atoms with Gasteiger partial charge in [-0.05, 0) is 60.5 Å². The molecule has 0 aliphatic heterocycles. The first-order chi connectivity index (χ1) is 17.4. The van der Waals surface area contributed by atoms with Crippen LogP contribution in [0.5, 0.6) is 0 Å². The molecule has 186 valence electrons. The number of carbonyl (C=O) groups excluding carboxylic acids is 2. The molecule has 0 saturated heterocycles. The Morgan fingerprint density at radius 3 is 2.36 bits per heavy atom. The zero-order chi connectivity index (χ0) is 25.7. The highest BCUT2D eigenvalue weighted by Crippen LogP contribution is 2.20. The van der Waals surface area contributed by atoms with Gasteiger partial charge in [-0.3, -0.25) is 9.59 Å². The molecule has 8 nitrogen and oxygen atoms in total. The molecule has 0 aliphatic carbocycles. The molecular formula is C27H29ClN6O2. The molecule has 0 spiro atoms. The normalized spacial score (nSPS) is 11.8. The third-order valence-corrected chi connectivity index (χ3v) is 6.26. The lowest BCUT2D eigenvalue weighted by Gasteiger charge is -2.30. The van der Waals surface area contributed by atoms with E-state index in [1.165, 1.54) is 0 Å². The molecule has 0 radical (unpaired) electrons. The fourth-order valence-electron chi connectivity index (χ4n) is 4.03. The molecule has 1 aromatic heterocycles. The fourth-order valence-corrected chi connectivity index (χ4v) is 4.15. The molecule has 9 heteroatoms. The summed E-state index contributed by atoms with van der Waals surface area (Å²) in [7, 11) is 3.92. The van der Waals surface area contributed by atoms with Gasteiger partial charge in [0.1, 0.15) is 18.1 Å². The Morgan fingerprint density at radius 1 is 1.00 bits per heavy atom. The van der Waals surface area contributed by atoms with Crippen molar-refractivity contribution in [2.45, 2.75) is 32.5 Å². The quantitative estimate of drug-likeness (QED) is 0.360. The zero-order valence-corrected chi connectivity index (χ0v) is 21.3. The summed E-state index contributed by atoms with van der Waals surface area (Å²) in [6, 6.07) is 21.6. The number of anilines is 2. The number of amides is 2. The van der Waals surface area contributed by atoms with Crippen molar-refractivity contribution in [3.8, 4) is 0 Å². The van der Waals surface area contributed by atoms with E-state index in [1.807, 2.05) is 86.6 Å². The highest BCUT2D eigenvalue weighted by Gasteiger charge is 2.29. The van der Waals surface area contributed by atoms with Gasteiger partial charge in [0.15, 0.2) is 0 Å². The summed E-state index contributed by atoms with van der Waals surface area (Å²) in [5.74, 6) is -0.480. The second-order valence-electron chi connectivity index (χ2n) is 8.74. The Bertz CT molecular complexity index is 1330. The first-order valence-electron chi connectivity index (χ1n) is 11.8. The Hall–Kier alpha value is -3.91. The maximum atomic E-state index is 13.6. The average molecular weight is 505 g/mol. The van der Waals surface area contributed by atoms with Gasteiger partial charge in [-0.15, -0.1) is 5.10 Å². The van der Waals surface area contributed by atoms with Crippen molar-refractivity contribution in [3.05, 3.63) is 83.4 Å². The van der Waals surface area contributed by atoms with Crippen LogP contribution in [0.4, 0.5) is 11.4 Å². The molecule has 2 amide bonds. The molecule has 1 atom stereocenters. The molecule has 1 unspecified atom stereocenters. The molecule has 0 saturated carbocycles. The molecule has 4 rings (SSSR count). The third kappa shape index (κ3) is 5.83. The van der Waals surface area contributed by atoms with Crippen molar-refractivity contribution >= 4 is 45.8 Å². The lowest BCUT2D eigenvalue weighted by Crippen LogP contribution is -2.47. The number of para-hydroxylation sites is 1. The summed E-state index contributed by atoms with van der Waals surface area (Å²) in [6.07, 6.45) is 0.444. The fraction of sp³-hybridized carbons (Fsp3) is 0.259. The number of aromatic nitrogens is 3. The monoisotopic (exact) mass is 504 g/mol. The van der Waals surface area contributed by atoms with Crippen LogP contribution in [0.25, 0.3) is 11.0 Å². The van der Waals surface area contributed by atoms with Crippen molar-refractivity contribution in [1.82, 2.24) is 19.9 Å². The molecule has 0 aliphatic rings. The van der Waals surface area contributed by atoms with E-state index in [0.717, 1.165) is 16.8 Å². The molecule has 1 N–H and O–H groups in total. The number of benzene rings is 3. The third-order valence-electron chi connectivity index (χ3n) is 6.01. The van der Waals surface area contributed by atoms with E-state index in [4.69, 9.17) is 11.6 Å². The van der Waals surface area contributed by atoms with Gasteiger partial charge < -0.3 is 15.1 Å². The highest BCUT2D eigenvalue weighted by atomic mass is 35.5. The number of nitrogens with one attached hydrogen (secondary N) is 1. The number of nitrogens with zero attached hydrogens (tertiary/aromatic N) is 5. The molecule has 4 aromatic rings. The standard InChI is InChI=1S/C27H29ClN6O2/c1-4-24(27(36)29-21-13-15-22(16-14-21)32(2)3)33(17-19-9-11-20(28)12-10-19)26(35)18-34-25-8-6-5-7-23(25)30-31-34/h5-16,24H,4,17-18H2,1-3H3,(H,29,36). The summed E-state index contributed by atoms with van der Waals surface area (Å²) in [5.41, 5.74) is 4.04. The van der Waals surface area contributed by atoms with Crippen LogP contribution in [0.1, 0.15) is 18.9 Å². The first kappa shape index (κ1) is 25.2. The summed E-state index contributed by atoms with van der Waals surface area (Å²) >= 11 is 6.06. The lowest BCUT2D eigenvalue weighted by molar-refractivity contribution is -0.140. The predicted octanol–water partition coefficient (Wildman–Crippen LogP) is 4.60. The van der Waals surface area contributed by atoms with Crippen molar-refractivity contribution in [3.63, 3.8) is 0 Å². The predicted molar refractivity (Wildman–Crippen MR) is 143 cm³/mol. The lowest BCUT2D eigenvalue weighted by atomic mass is 10.1. The summed E-state index contributed by atoms with van der Waals surface area (Å²) in [5, 5.41) is 11.9. The van der Waals surface area contributed by atoms with Gasteiger partial charge in [0.2, 0.25) is 11.8 Å². The van der Waals surface area contributed by atoms with Crippen LogP contribution in [0.2, 0.25) is 5.02 Å². The van der Waals surface area contributed by atoms with Crippen LogP contribution < -0.4 is 10.2 Å². The van der Waals surface area contributed by atoms with Gasteiger partial charge in [-0.2, -0.15) is 0 Å². The highest BCUT2D eigenvalue weighted by molar-refractivity contribution is 6.30. The maximum absolute atomic E-state index is 13.6. The number of hydrogen-bond acceptors (Lipinski definition) is 5. The summed E-state index contributed by atoms with van der Waals surface area (Å²) in [6.45, 7) is 2.12. The number of carbonyl (C=O) groups is 2. The van der Waals surface area contributed by atoms with Crippen LogP contribution in [0.15, 0.2) is 72.8 Å². The van der Waals surface area contributed by atoms with Gasteiger partial charge in [0.25, 0.3) is 0 Å². The second-order valence-corrected chi connectivity index (χ2v) is 9.17. The van der Waals surface area contributed by atoms with E-state index in [2.05, 4.69) is 15.6 Å². The number of hydrogen-bond donors (Lipinski definition) is 1. The summed E-state index contributed by atoms with van der Waals surface area (Å²) < 4.78 is 1.57. The van der Waals surface area contributed by atoms with Crippen LogP contribution in [-0.2, 0) is 22.7 Å². The van der Waals surface area contributed by atoms with Gasteiger partial charge in [-0.25, -0.2) is 4.68 Å². The number of rotatable bonds is 9. The minimum Gasteiger partial charge on any atom is -0.378 e. The van der Waals surface area contributed by atoms with Gasteiger partial charge in [0, 0.05) is 37.0 Å². The van der Waals surface area contributed by atoms with E-state index in [1.54, 1.807) is 21.7 Å². The Kier molecular flexibility index (Phi) is 7.85. The topological polar surface area (TPSA) is 83.4 Å². The molecule has 3 aromatic carbocycles. The van der Waals surface area contributed by atoms with E-state index in [0.29, 0.717) is 22.6 Å². The molecular weight excluding hydrogens is 476 g/mol. The van der Waals surface area contributed by atoms with Crippen molar-refractivity contribution in [2.75, 3.05) is 24.3 Å². The van der Waals surface area contributed by atoms with Crippen molar-refractivity contribution in [2.24, 2.45) is 0 Å². The van der Waals surface area contributed by atoms with Gasteiger partial charge in [-0.1, -0.05) is 48.0 Å². The number of fused-ring (bicyclic) bond motifs is 1. The van der Waals surface area contributed by atoms with Crippen LogP contribution in [0.3, 0.4) is 0 Å². The number of halogens is 1. The maximum Gasteiger partial charge on any atom is 0.247 e. The van der Waals surface area contributed by atoms with Crippen LogP contribution in [-0.4, -0.2) is 51.8 Å². The Labute approximate surface area is 215 Å². The van der Waals surface area contributed by atoms with Crippen LogP contribution in [0, 0.1) is 0 Å². The largest absolute Gasteiger partial charge is 0.378 e. The smallest absolute Gasteiger partial charge is 0.247 e. The van der Waals surface area contributed by atoms with E-state index >= 15 is 0 Å². The minimum absolute atomic E-state index is 0.0323. The molecule has 1 heterocycles. The Morgan fingerprint density at radius 2 is 1.69 bits per heavy atom.